The normalized spacial score (nSPS) is 9.92. The lowest BCUT2D eigenvalue weighted by molar-refractivity contribution is 0.296. The van der Waals surface area contributed by atoms with Crippen LogP contribution in [0.2, 0.25) is 0 Å². The molecule has 0 aliphatic heterocycles. The number of aliphatic hydroxyl groups excluding tert-OH is 1. The zero-order chi connectivity index (χ0) is 8.97. The second kappa shape index (κ2) is 4.07. The molecule has 0 aliphatic rings. The summed E-state index contributed by atoms with van der Waals surface area (Å²) in [6.07, 6.45) is 0.490. The second-order valence-corrected chi connectivity index (χ2v) is 2.43. The molecular weight excluding hydrogens is 159 g/mol. The summed E-state index contributed by atoms with van der Waals surface area (Å²) < 4.78 is 17.6. The molecule has 12 heavy (non-hydrogen) atoms. The van der Waals surface area contributed by atoms with Gasteiger partial charge in [-0.15, -0.1) is 0 Å². The predicted octanol–water partition coefficient (Wildman–Crippen LogP) is 1.37. The van der Waals surface area contributed by atoms with E-state index in [9.17, 15) is 4.39 Å². The quantitative estimate of drug-likeness (QED) is 0.742. The minimum Gasteiger partial charge on any atom is -0.496 e. The van der Waals surface area contributed by atoms with Crippen LogP contribution in [0.3, 0.4) is 0 Å². The van der Waals surface area contributed by atoms with Gasteiger partial charge in [-0.3, -0.25) is 0 Å². The van der Waals surface area contributed by atoms with Crippen LogP contribution in [0.5, 0.6) is 5.75 Å². The van der Waals surface area contributed by atoms with Crippen LogP contribution in [0, 0.1) is 5.82 Å². The highest BCUT2D eigenvalue weighted by Gasteiger charge is 2.02. The molecule has 0 saturated heterocycles. The molecule has 0 spiro atoms. The number of benzene rings is 1. The Morgan fingerprint density at radius 3 is 2.83 bits per heavy atom. The van der Waals surface area contributed by atoms with E-state index >= 15 is 0 Å². The molecule has 0 saturated carbocycles. The van der Waals surface area contributed by atoms with Gasteiger partial charge >= 0.3 is 0 Å². The Morgan fingerprint density at radius 2 is 2.25 bits per heavy atom. The first-order valence-corrected chi connectivity index (χ1v) is 3.71. The van der Waals surface area contributed by atoms with Crippen LogP contribution in [-0.2, 0) is 6.42 Å². The van der Waals surface area contributed by atoms with Crippen LogP contribution in [0.15, 0.2) is 18.2 Å². The first-order valence-electron chi connectivity index (χ1n) is 3.71. The van der Waals surface area contributed by atoms with E-state index in [-0.39, 0.29) is 12.4 Å². The van der Waals surface area contributed by atoms with E-state index in [1.807, 2.05) is 0 Å². The van der Waals surface area contributed by atoms with E-state index in [1.165, 1.54) is 19.2 Å². The summed E-state index contributed by atoms with van der Waals surface area (Å²) in [7, 11) is 1.48. The minimum atomic E-state index is -0.325. The molecule has 0 aromatic heterocycles. The molecule has 0 fully saturated rings. The maximum Gasteiger partial charge on any atom is 0.126 e. The van der Waals surface area contributed by atoms with Crippen LogP contribution in [0.1, 0.15) is 5.56 Å². The summed E-state index contributed by atoms with van der Waals surface area (Å²) in [5, 5.41) is 8.66. The lowest BCUT2D eigenvalue weighted by Gasteiger charge is -2.06. The summed E-state index contributed by atoms with van der Waals surface area (Å²) >= 11 is 0. The largest absolute Gasteiger partial charge is 0.496 e. The molecule has 2 nitrogen and oxygen atoms in total. The van der Waals surface area contributed by atoms with Crippen molar-refractivity contribution in [1.29, 1.82) is 0 Å². The number of ether oxygens (including phenoxy) is 1. The molecule has 3 heteroatoms. The highest BCUT2D eigenvalue weighted by atomic mass is 19.1. The molecule has 0 aliphatic carbocycles. The molecule has 1 aromatic carbocycles. The monoisotopic (exact) mass is 170 g/mol. The van der Waals surface area contributed by atoms with Crippen molar-refractivity contribution in [1.82, 2.24) is 0 Å². The van der Waals surface area contributed by atoms with Crippen LogP contribution in [-0.4, -0.2) is 18.8 Å². The molecule has 0 amide bonds. The molecule has 1 rings (SSSR count). The zero-order valence-electron chi connectivity index (χ0n) is 6.88. The molecule has 0 radical (unpaired) electrons. The van der Waals surface area contributed by atoms with Gasteiger partial charge in [0, 0.05) is 12.7 Å². The fraction of sp³-hybridized carbons (Fsp3) is 0.333. The number of halogens is 1. The van der Waals surface area contributed by atoms with E-state index in [0.29, 0.717) is 12.2 Å². The van der Waals surface area contributed by atoms with Gasteiger partial charge in [0.25, 0.3) is 0 Å². The van der Waals surface area contributed by atoms with Gasteiger partial charge in [-0.25, -0.2) is 4.39 Å². The topological polar surface area (TPSA) is 29.5 Å². The van der Waals surface area contributed by atoms with Crippen molar-refractivity contribution in [3.05, 3.63) is 29.6 Å². The molecule has 0 heterocycles. The van der Waals surface area contributed by atoms with Crippen molar-refractivity contribution in [3.8, 4) is 5.75 Å². The van der Waals surface area contributed by atoms with Crippen molar-refractivity contribution in [3.63, 3.8) is 0 Å². The van der Waals surface area contributed by atoms with Crippen molar-refractivity contribution in [2.24, 2.45) is 0 Å². The molecule has 66 valence electrons. The average Bonchev–Trinajstić information content (AvgIpc) is 2.08. The van der Waals surface area contributed by atoms with Gasteiger partial charge in [0.15, 0.2) is 0 Å². The van der Waals surface area contributed by atoms with E-state index in [2.05, 4.69) is 0 Å². The third-order valence-corrected chi connectivity index (χ3v) is 1.63. The van der Waals surface area contributed by atoms with Gasteiger partial charge < -0.3 is 9.84 Å². The van der Waals surface area contributed by atoms with Gasteiger partial charge in [-0.1, -0.05) is 6.07 Å². The summed E-state index contributed by atoms with van der Waals surface area (Å²) in [6.45, 7) is 0.0436. The number of rotatable bonds is 3. The predicted molar refractivity (Wildman–Crippen MR) is 43.7 cm³/mol. The van der Waals surface area contributed by atoms with Crippen molar-refractivity contribution >= 4 is 0 Å². The lowest BCUT2D eigenvalue weighted by atomic mass is 10.1. The first kappa shape index (κ1) is 9.00. The summed E-state index contributed by atoms with van der Waals surface area (Å²) in [4.78, 5) is 0. The smallest absolute Gasteiger partial charge is 0.126 e. The highest BCUT2D eigenvalue weighted by molar-refractivity contribution is 5.34. The third-order valence-electron chi connectivity index (χ3n) is 1.63. The first-order chi connectivity index (χ1) is 5.77. The van der Waals surface area contributed by atoms with Crippen LogP contribution in [0.25, 0.3) is 0 Å². The third kappa shape index (κ3) is 1.95. The summed E-state index contributed by atoms with van der Waals surface area (Å²) in [6, 6.07) is 4.28. The molecular formula is C9H11FO2. The van der Waals surface area contributed by atoms with Gasteiger partial charge in [0.05, 0.1) is 7.11 Å². The molecule has 1 N–H and O–H groups in total. The summed E-state index contributed by atoms with van der Waals surface area (Å²) in [5.41, 5.74) is 0.821. The molecule has 0 unspecified atom stereocenters. The van der Waals surface area contributed by atoms with E-state index in [4.69, 9.17) is 9.84 Å². The van der Waals surface area contributed by atoms with E-state index in [1.54, 1.807) is 6.07 Å². The van der Waals surface area contributed by atoms with Gasteiger partial charge in [-0.05, 0) is 18.1 Å². The standard InChI is InChI=1S/C9H11FO2/c1-12-9-6-8(10)3-2-7(9)4-5-11/h2-3,6,11H,4-5H2,1H3. The van der Waals surface area contributed by atoms with Gasteiger partial charge in [0.2, 0.25) is 0 Å². The fourth-order valence-electron chi connectivity index (χ4n) is 1.05. The Bertz CT molecular complexity index is 261. The number of aliphatic hydroxyl groups is 1. The Hall–Kier alpha value is -1.09. The molecule has 0 bridgehead atoms. The van der Waals surface area contributed by atoms with Crippen molar-refractivity contribution in [2.45, 2.75) is 6.42 Å². The maximum absolute atomic E-state index is 12.6. The summed E-state index contributed by atoms with van der Waals surface area (Å²) in [5.74, 6) is 0.164. The highest BCUT2D eigenvalue weighted by Crippen LogP contribution is 2.19. The van der Waals surface area contributed by atoms with E-state index < -0.39 is 0 Å². The fourth-order valence-corrected chi connectivity index (χ4v) is 1.05. The minimum absolute atomic E-state index is 0.0436. The van der Waals surface area contributed by atoms with Crippen LogP contribution >= 0.6 is 0 Å². The van der Waals surface area contributed by atoms with Crippen molar-refractivity contribution in [2.75, 3.05) is 13.7 Å². The Labute approximate surface area is 70.6 Å². The van der Waals surface area contributed by atoms with Crippen LogP contribution < -0.4 is 4.74 Å². The lowest BCUT2D eigenvalue weighted by Crippen LogP contribution is -1.95. The average molecular weight is 170 g/mol. The Morgan fingerprint density at radius 1 is 1.50 bits per heavy atom. The SMILES string of the molecule is COc1cc(F)ccc1CCO. The van der Waals surface area contributed by atoms with Gasteiger partial charge in [0.1, 0.15) is 11.6 Å². The van der Waals surface area contributed by atoms with Crippen molar-refractivity contribution < 1.29 is 14.2 Å². The Kier molecular flexibility index (Phi) is 3.05. The second-order valence-electron chi connectivity index (χ2n) is 2.43. The molecule has 1 aromatic rings. The van der Waals surface area contributed by atoms with E-state index in [0.717, 1.165) is 5.56 Å². The number of methoxy groups -OCH3 is 1. The number of hydrogen-bond acceptors (Lipinski definition) is 2. The van der Waals surface area contributed by atoms with Gasteiger partial charge in [-0.2, -0.15) is 0 Å². The number of hydrogen-bond donors (Lipinski definition) is 1. The zero-order valence-corrected chi connectivity index (χ0v) is 6.88. The Balaban J connectivity index is 2.94. The molecule has 0 atom stereocenters. The van der Waals surface area contributed by atoms with Crippen LogP contribution in [0.4, 0.5) is 4.39 Å². The maximum atomic E-state index is 12.6.